The third-order valence-electron chi connectivity index (χ3n) is 2.26. The highest BCUT2D eigenvalue weighted by Crippen LogP contribution is 2.20. The molecule has 0 radical (unpaired) electrons. The molecular weight excluding hydrogens is 202 g/mol. The number of carbonyl (C=O) groups is 1. The molecule has 14 heavy (non-hydrogen) atoms. The lowest BCUT2D eigenvalue weighted by Crippen LogP contribution is -2.04. The standard InChI is InChI=1S/C9H11NO3S/c11-9(12)7-5-14-8(10-7)3-6-1-2-13-4-6/h5-6H,1-4H2,(H,11,12). The van der Waals surface area contributed by atoms with E-state index in [0.717, 1.165) is 31.1 Å². The highest BCUT2D eigenvalue weighted by molar-refractivity contribution is 7.09. The van der Waals surface area contributed by atoms with E-state index in [0.29, 0.717) is 5.92 Å². The zero-order valence-corrected chi connectivity index (χ0v) is 8.42. The molecule has 1 aromatic heterocycles. The molecule has 0 bridgehead atoms. The molecule has 0 aliphatic carbocycles. The van der Waals surface area contributed by atoms with E-state index in [1.165, 1.54) is 11.3 Å². The van der Waals surface area contributed by atoms with Crippen molar-refractivity contribution >= 4 is 17.3 Å². The highest BCUT2D eigenvalue weighted by atomic mass is 32.1. The lowest BCUT2D eigenvalue weighted by Gasteiger charge is -2.02. The van der Waals surface area contributed by atoms with Gasteiger partial charge in [-0.2, -0.15) is 0 Å². The van der Waals surface area contributed by atoms with Crippen LogP contribution < -0.4 is 0 Å². The number of rotatable bonds is 3. The maximum atomic E-state index is 10.6. The minimum Gasteiger partial charge on any atom is -0.476 e. The number of aromatic nitrogens is 1. The molecule has 1 aliphatic heterocycles. The van der Waals surface area contributed by atoms with Crippen LogP contribution in [0.1, 0.15) is 21.9 Å². The third kappa shape index (κ3) is 2.10. The van der Waals surface area contributed by atoms with Gasteiger partial charge in [0.2, 0.25) is 0 Å². The molecule has 1 atom stereocenters. The Hall–Kier alpha value is -0.940. The molecule has 1 saturated heterocycles. The van der Waals surface area contributed by atoms with Crippen molar-refractivity contribution in [1.82, 2.24) is 4.98 Å². The number of nitrogens with zero attached hydrogens (tertiary/aromatic N) is 1. The molecule has 1 aliphatic rings. The van der Waals surface area contributed by atoms with Crippen LogP contribution in [0.3, 0.4) is 0 Å². The molecule has 0 aromatic carbocycles. The molecule has 5 heteroatoms. The van der Waals surface area contributed by atoms with E-state index >= 15 is 0 Å². The van der Waals surface area contributed by atoms with E-state index in [9.17, 15) is 4.79 Å². The van der Waals surface area contributed by atoms with Crippen LogP contribution in [0.4, 0.5) is 0 Å². The first kappa shape index (κ1) is 9.61. The molecule has 76 valence electrons. The SMILES string of the molecule is O=C(O)c1csc(CC2CCOC2)n1. The predicted molar refractivity (Wildman–Crippen MR) is 51.7 cm³/mol. The first-order valence-electron chi connectivity index (χ1n) is 4.51. The summed E-state index contributed by atoms with van der Waals surface area (Å²) in [5, 5.41) is 11.2. The summed E-state index contributed by atoms with van der Waals surface area (Å²) in [5.41, 5.74) is 0.156. The second kappa shape index (κ2) is 4.06. The van der Waals surface area contributed by atoms with Crippen molar-refractivity contribution in [3.8, 4) is 0 Å². The first-order valence-corrected chi connectivity index (χ1v) is 5.39. The molecule has 1 N–H and O–H groups in total. The van der Waals surface area contributed by atoms with Crippen LogP contribution >= 0.6 is 11.3 Å². The van der Waals surface area contributed by atoms with Gasteiger partial charge in [-0.15, -0.1) is 11.3 Å². The van der Waals surface area contributed by atoms with E-state index in [1.54, 1.807) is 5.38 Å². The topological polar surface area (TPSA) is 59.4 Å². The maximum Gasteiger partial charge on any atom is 0.355 e. The summed E-state index contributed by atoms with van der Waals surface area (Å²) in [6, 6.07) is 0. The van der Waals surface area contributed by atoms with E-state index in [4.69, 9.17) is 9.84 Å². The Morgan fingerprint density at radius 3 is 3.21 bits per heavy atom. The highest BCUT2D eigenvalue weighted by Gasteiger charge is 2.18. The van der Waals surface area contributed by atoms with Crippen LogP contribution in [0.2, 0.25) is 0 Å². The van der Waals surface area contributed by atoms with Gasteiger partial charge >= 0.3 is 5.97 Å². The fraction of sp³-hybridized carbons (Fsp3) is 0.556. The van der Waals surface area contributed by atoms with Gasteiger partial charge in [-0.3, -0.25) is 0 Å². The molecule has 1 fully saturated rings. The fourth-order valence-corrected chi connectivity index (χ4v) is 2.38. The molecular formula is C9H11NO3S. The summed E-state index contributed by atoms with van der Waals surface area (Å²) in [7, 11) is 0. The molecule has 1 aromatic rings. The minimum atomic E-state index is -0.949. The number of thiazole rings is 1. The Kier molecular flexibility index (Phi) is 2.79. The molecule has 0 spiro atoms. The second-order valence-electron chi connectivity index (χ2n) is 3.37. The minimum absolute atomic E-state index is 0.156. The first-order chi connectivity index (χ1) is 6.75. The van der Waals surface area contributed by atoms with Crippen molar-refractivity contribution in [2.75, 3.05) is 13.2 Å². The Morgan fingerprint density at radius 2 is 2.64 bits per heavy atom. The van der Waals surface area contributed by atoms with Crippen LogP contribution in [0.5, 0.6) is 0 Å². The average molecular weight is 213 g/mol. The number of carboxylic acid groups (broad SMARTS) is 1. The number of hydrogen-bond acceptors (Lipinski definition) is 4. The summed E-state index contributed by atoms with van der Waals surface area (Å²) < 4.78 is 5.24. The van der Waals surface area contributed by atoms with Gasteiger partial charge in [0.25, 0.3) is 0 Å². The molecule has 2 rings (SSSR count). The van der Waals surface area contributed by atoms with E-state index < -0.39 is 5.97 Å². The van der Waals surface area contributed by atoms with Crippen molar-refractivity contribution in [2.24, 2.45) is 5.92 Å². The Morgan fingerprint density at radius 1 is 1.79 bits per heavy atom. The van der Waals surface area contributed by atoms with Gasteiger partial charge in [0.1, 0.15) is 0 Å². The van der Waals surface area contributed by atoms with Gasteiger partial charge in [0.15, 0.2) is 5.69 Å². The van der Waals surface area contributed by atoms with Crippen molar-refractivity contribution in [3.05, 3.63) is 16.1 Å². The van der Waals surface area contributed by atoms with Crippen molar-refractivity contribution in [3.63, 3.8) is 0 Å². The Labute approximate surface area is 85.5 Å². The van der Waals surface area contributed by atoms with Gasteiger partial charge in [0, 0.05) is 25.0 Å². The van der Waals surface area contributed by atoms with Gasteiger partial charge in [-0.05, 0) is 12.3 Å². The van der Waals surface area contributed by atoms with Crippen LogP contribution in [-0.2, 0) is 11.2 Å². The van der Waals surface area contributed by atoms with Gasteiger partial charge in [-0.25, -0.2) is 9.78 Å². The molecule has 0 amide bonds. The molecule has 0 saturated carbocycles. The van der Waals surface area contributed by atoms with Crippen LogP contribution in [-0.4, -0.2) is 29.3 Å². The summed E-state index contributed by atoms with van der Waals surface area (Å²) in [5.74, 6) is -0.432. The predicted octanol–water partition coefficient (Wildman–Crippen LogP) is 1.42. The van der Waals surface area contributed by atoms with E-state index in [-0.39, 0.29) is 5.69 Å². The monoisotopic (exact) mass is 213 g/mol. The van der Waals surface area contributed by atoms with Gasteiger partial charge in [-0.1, -0.05) is 0 Å². The van der Waals surface area contributed by atoms with Gasteiger partial charge in [0.05, 0.1) is 5.01 Å². The smallest absolute Gasteiger partial charge is 0.355 e. The van der Waals surface area contributed by atoms with Crippen LogP contribution in [0.15, 0.2) is 5.38 Å². The largest absolute Gasteiger partial charge is 0.476 e. The average Bonchev–Trinajstić information content (AvgIpc) is 2.75. The van der Waals surface area contributed by atoms with Gasteiger partial charge < -0.3 is 9.84 Å². The number of carboxylic acids is 1. The van der Waals surface area contributed by atoms with E-state index in [1.807, 2.05) is 0 Å². The zero-order valence-electron chi connectivity index (χ0n) is 7.60. The Bertz CT molecular complexity index is 331. The second-order valence-corrected chi connectivity index (χ2v) is 4.31. The van der Waals surface area contributed by atoms with E-state index in [2.05, 4.69) is 4.98 Å². The summed E-state index contributed by atoms with van der Waals surface area (Å²) >= 11 is 1.42. The summed E-state index contributed by atoms with van der Waals surface area (Å²) in [6.45, 7) is 1.60. The quantitative estimate of drug-likeness (QED) is 0.825. The van der Waals surface area contributed by atoms with Crippen molar-refractivity contribution < 1.29 is 14.6 Å². The van der Waals surface area contributed by atoms with Crippen LogP contribution in [0, 0.1) is 5.92 Å². The molecule has 2 heterocycles. The number of hydrogen-bond donors (Lipinski definition) is 1. The van der Waals surface area contributed by atoms with Crippen LogP contribution in [0.25, 0.3) is 0 Å². The fourth-order valence-electron chi connectivity index (χ4n) is 1.49. The van der Waals surface area contributed by atoms with Crippen molar-refractivity contribution in [1.29, 1.82) is 0 Å². The number of aromatic carboxylic acids is 1. The zero-order chi connectivity index (χ0) is 9.97. The molecule has 1 unspecified atom stereocenters. The Balaban J connectivity index is 1.98. The summed E-state index contributed by atoms with van der Waals surface area (Å²) in [4.78, 5) is 14.6. The van der Waals surface area contributed by atoms with Crippen molar-refractivity contribution in [2.45, 2.75) is 12.8 Å². The lowest BCUT2D eigenvalue weighted by atomic mass is 10.1. The lowest BCUT2D eigenvalue weighted by molar-refractivity contribution is 0.0691. The molecule has 4 nitrogen and oxygen atoms in total. The third-order valence-corrected chi connectivity index (χ3v) is 3.13. The summed E-state index contributed by atoms with van der Waals surface area (Å²) in [6.07, 6.45) is 1.90. The normalized spacial score (nSPS) is 21.3. The maximum absolute atomic E-state index is 10.6. The number of ether oxygens (including phenoxy) is 1.